The van der Waals surface area contributed by atoms with Crippen LogP contribution in [0, 0.1) is 23.7 Å². The van der Waals surface area contributed by atoms with Crippen molar-refractivity contribution in [1.82, 2.24) is 15.3 Å². The van der Waals surface area contributed by atoms with Crippen LogP contribution in [0.5, 0.6) is 0 Å². The molecule has 0 unspecified atom stereocenters. The van der Waals surface area contributed by atoms with Gasteiger partial charge in [0.1, 0.15) is 11.6 Å². The van der Waals surface area contributed by atoms with Crippen LogP contribution in [-0.4, -0.2) is 56.8 Å². The maximum Gasteiger partial charge on any atom is 0.434 e. The van der Waals surface area contributed by atoms with Gasteiger partial charge in [-0.1, -0.05) is 30.5 Å². The second kappa shape index (κ2) is 12.6. The highest BCUT2D eigenvalue weighted by Gasteiger charge is 2.62. The van der Waals surface area contributed by atoms with E-state index in [1.807, 2.05) is 12.1 Å². The normalized spacial score (nSPS) is 30.7. The molecule has 6 saturated carbocycles. The third kappa shape index (κ3) is 6.01. The molecule has 280 valence electrons. The Balaban J connectivity index is 1.09. The van der Waals surface area contributed by atoms with E-state index in [0.29, 0.717) is 55.5 Å². The monoisotopic (exact) mass is 729 g/mol. The van der Waals surface area contributed by atoms with Crippen LogP contribution in [0.2, 0.25) is 0 Å². The smallest absolute Gasteiger partial charge is 0.434 e. The van der Waals surface area contributed by atoms with Crippen LogP contribution in [0.1, 0.15) is 124 Å². The first-order valence-electron chi connectivity index (χ1n) is 18.7. The summed E-state index contributed by atoms with van der Waals surface area (Å²) in [7, 11) is 0. The third-order valence-corrected chi connectivity index (χ3v) is 13.2. The lowest BCUT2D eigenvalue weighted by Gasteiger charge is -2.59. The minimum absolute atomic E-state index is 0.189. The van der Waals surface area contributed by atoms with Crippen LogP contribution in [0.4, 0.5) is 33.6 Å². The Labute approximate surface area is 298 Å². The number of rotatable bonds is 7. The molecule has 7 aliphatic rings. The van der Waals surface area contributed by atoms with E-state index >= 15 is 0 Å². The van der Waals surface area contributed by atoms with Crippen molar-refractivity contribution in [2.24, 2.45) is 28.8 Å². The first kappa shape index (κ1) is 35.2. The summed E-state index contributed by atoms with van der Waals surface area (Å²) in [5, 5.41) is 17.4. The SMILES string of the molecule is C/C(=N\OC1CCC(F)(F)CC1)c1ccc2c(c1)C1(CCCCC1)CN2c1ncc(C(=O)NC2(C(=O)O)C3CC4CC(C3)CC2C4)c(C(F)(F)F)n1. The van der Waals surface area contributed by atoms with E-state index < -0.39 is 46.9 Å². The van der Waals surface area contributed by atoms with Gasteiger partial charge in [0.05, 0.1) is 11.3 Å². The van der Waals surface area contributed by atoms with Gasteiger partial charge in [-0.15, -0.1) is 0 Å². The Morgan fingerprint density at radius 3 is 2.25 bits per heavy atom. The first-order chi connectivity index (χ1) is 24.7. The Morgan fingerprint density at radius 2 is 1.63 bits per heavy atom. The van der Waals surface area contributed by atoms with Crippen LogP contribution in [0.25, 0.3) is 0 Å². The van der Waals surface area contributed by atoms with Gasteiger partial charge in [-0.2, -0.15) is 13.2 Å². The van der Waals surface area contributed by atoms with Gasteiger partial charge >= 0.3 is 12.1 Å². The highest BCUT2D eigenvalue weighted by atomic mass is 19.4. The Kier molecular flexibility index (Phi) is 8.56. The number of nitrogens with one attached hydrogen (secondary N) is 1. The minimum atomic E-state index is -5.01. The maximum atomic E-state index is 14.8. The number of fused-ring (bicyclic) bond motifs is 2. The van der Waals surface area contributed by atoms with Crippen molar-refractivity contribution in [3.63, 3.8) is 0 Å². The lowest BCUT2D eigenvalue weighted by molar-refractivity contribution is -0.163. The molecule has 1 spiro atoms. The molecule has 1 aromatic heterocycles. The van der Waals surface area contributed by atoms with E-state index in [9.17, 15) is 36.6 Å². The number of carboxylic acids is 1. The molecule has 1 amide bonds. The largest absolute Gasteiger partial charge is 0.479 e. The number of carboxylic acid groups (broad SMARTS) is 1. The molecule has 1 aromatic carbocycles. The molecule has 9 rings (SSSR count). The number of amides is 1. The molecule has 4 bridgehead atoms. The van der Waals surface area contributed by atoms with Crippen LogP contribution in [0.3, 0.4) is 0 Å². The summed E-state index contributed by atoms with van der Waals surface area (Å²) >= 11 is 0. The Hall–Kier alpha value is -3.84. The van der Waals surface area contributed by atoms with E-state index in [2.05, 4.69) is 20.4 Å². The van der Waals surface area contributed by atoms with Gasteiger partial charge in [0, 0.05) is 36.7 Å². The third-order valence-electron chi connectivity index (χ3n) is 13.2. The molecule has 52 heavy (non-hydrogen) atoms. The number of halogens is 5. The summed E-state index contributed by atoms with van der Waals surface area (Å²) in [4.78, 5) is 42.3. The zero-order valence-electron chi connectivity index (χ0n) is 29.2. The molecule has 6 aliphatic carbocycles. The second-order valence-electron chi connectivity index (χ2n) is 16.4. The number of aliphatic carboxylic acids is 1. The number of aromatic nitrogens is 2. The van der Waals surface area contributed by atoms with Crippen LogP contribution in [0.15, 0.2) is 29.6 Å². The number of nitrogens with zero attached hydrogens (tertiary/aromatic N) is 4. The number of carbonyl (C=O) groups excluding carboxylic acids is 1. The van der Waals surface area contributed by atoms with Gasteiger partial charge < -0.3 is 20.2 Å². The van der Waals surface area contributed by atoms with Gasteiger partial charge in [-0.3, -0.25) is 4.79 Å². The lowest BCUT2D eigenvalue weighted by Crippen LogP contribution is -2.70. The summed E-state index contributed by atoms with van der Waals surface area (Å²) in [5.74, 6) is -5.08. The van der Waals surface area contributed by atoms with Crippen molar-refractivity contribution in [2.75, 3.05) is 11.4 Å². The molecule has 14 heteroatoms. The number of benzene rings is 1. The predicted molar refractivity (Wildman–Crippen MR) is 181 cm³/mol. The molecule has 0 saturated heterocycles. The second-order valence-corrected chi connectivity index (χ2v) is 16.4. The fourth-order valence-electron chi connectivity index (χ4n) is 10.7. The fraction of sp³-hybridized carbons (Fsp3) is 0.658. The highest BCUT2D eigenvalue weighted by Crippen LogP contribution is 2.58. The van der Waals surface area contributed by atoms with Crippen molar-refractivity contribution >= 4 is 29.2 Å². The number of anilines is 2. The van der Waals surface area contributed by atoms with Crippen molar-refractivity contribution in [2.45, 2.75) is 126 Å². The van der Waals surface area contributed by atoms with E-state index in [0.717, 1.165) is 55.8 Å². The van der Waals surface area contributed by atoms with Gasteiger partial charge in [0.2, 0.25) is 11.9 Å². The summed E-state index contributed by atoms with van der Waals surface area (Å²) < 4.78 is 71.5. The van der Waals surface area contributed by atoms with Gasteiger partial charge in [0.25, 0.3) is 5.91 Å². The number of carbonyl (C=O) groups is 2. The van der Waals surface area contributed by atoms with E-state index in [4.69, 9.17) is 4.84 Å². The van der Waals surface area contributed by atoms with Gasteiger partial charge in [-0.05, 0) is 112 Å². The fourth-order valence-corrected chi connectivity index (χ4v) is 10.7. The Bertz CT molecular complexity index is 1750. The molecule has 0 radical (unpaired) electrons. The van der Waals surface area contributed by atoms with Crippen molar-refractivity contribution in [3.05, 3.63) is 46.8 Å². The van der Waals surface area contributed by atoms with Crippen molar-refractivity contribution in [1.29, 1.82) is 0 Å². The summed E-state index contributed by atoms with van der Waals surface area (Å²) in [6.07, 6.45) is 3.61. The molecular formula is C38H44F5N5O4. The van der Waals surface area contributed by atoms with Gasteiger partial charge in [-0.25, -0.2) is 23.5 Å². The van der Waals surface area contributed by atoms with E-state index in [1.165, 1.54) is 0 Å². The lowest BCUT2D eigenvalue weighted by atomic mass is 9.48. The van der Waals surface area contributed by atoms with Crippen LogP contribution < -0.4 is 10.2 Å². The standard InChI is InChI=1S/C38H44F5N5O4/c1-21(47-52-27-7-11-36(39,40)12-8-27)24-5-6-30-29(18-24)35(9-3-2-4-10-35)20-48(30)34-44-19-28(31(45-34)38(41,42)43)32(49)46-37(33(50)51)25-14-22-13-23(16-25)17-26(37)15-22/h5-6,18-19,22-23,25-27H,2-4,7-17,20H2,1H3,(H,46,49)(H,50,51)/b47-21+. The van der Waals surface area contributed by atoms with E-state index in [1.54, 1.807) is 17.9 Å². The Morgan fingerprint density at radius 1 is 0.981 bits per heavy atom. The van der Waals surface area contributed by atoms with Crippen molar-refractivity contribution in [3.8, 4) is 0 Å². The molecule has 0 atom stereocenters. The summed E-state index contributed by atoms with van der Waals surface area (Å²) in [6, 6.07) is 5.60. The molecule has 1 aliphatic heterocycles. The molecule has 2 aromatic rings. The van der Waals surface area contributed by atoms with Crippen molar-refractivity contribution < 1.29 is 41.5 Å². The average molecular weight is 730 g/mol. The molecule has 6 fully saturated rings. The maximum absolute atomic E-state index is 14.8. The highest BCUT2D eigenvalue weighted by molar-refractivity contribution is 6.00. The topological polar surface area (TPSA) is 117 Å². The summed E-state index contributed by atoms with van der Waals surface area (Å²) in [5.41, 5.74) is -1.25. The average Bonchev–Trinajstić information content (AvgIpc) is 3.40. The quantitative estimate of drug-likeness (QED) is 0.168. The molecule has 2 N–H and O–H groups in total. The zero-order valence-corrected chi connectivity index (χ0v) is 29.2. The minimum Gasteiger partial charge on any atom is -0.479 e. The van der Waals surface area contributed by atoms with Crippen LogP contribution >= 0.6 is 0 Å². The molecular weight excluding hydrogens is 685 g/mol. The first-order valence-corrected chi connectivity index (χ1v) is 18.7. The number of hydrogen-bond donors (Lipinski definition) is 2. The number of alkyl halides is 5. The summed E-state index contributed by atoms with van der Waals surface area (Å²) in [6.45, 7) is 2.13. The molecule has 9 nitrogen and oxygen atoms in total. The van der Waals surface area contributed by atoms with E-state index in [-0.39, 0.29) is 48.9 Å². The number of oxime groups is 1. The molecule has 2 heterocycles. The zero-order chi connectivity index (χ0) is 36.6. The van der Waals surface area contributed by atoms with Crippen LogP contribution in [-0.2, 0) is 21.2 Å². The predicted octanol–water partition coefficient (Wildman–Crippen LogP) is 8.18. The number of hydrogen-bond acceptors (Lipinski definition) is 7. The van der Waals surface area contributed by atoms with Gasteiger partial charge in [0.15, 0.2) is 5.69 Å².